The molecule has 170 valence electrons. The minimum Gasteiger partial charge on any atom is -0.487 e. The Morgan fingerprint density at radius 1 is 1.03 bits per heavy atom. The SMILES string of the molecule is Cc1nc(COc2ccc(/C=C/C(=O)N3CCN(C(=O)c4ccc(Cl)cc4)CC3)cc2)cs1. The maximum Gasteiger partial charge on any atom is 0.253 e. The molecule has 0 unspecified atom stereocenters. The second kappa shape index (κ2) is 10.6. The fourth-order valence-electron chi connectivity index (χ4n) is 3.48. The van der Waals surface area contributed by atoms with Gasteiger partial charge in [0.25, 0.3) is 5.91 Å². The molecule has 0 bridgehead atoms. The molecule has 1 saturated heterocycles. The molecular weight excluding hydrogens is 458 g/mol. The van der Waals surface area contributed by atoms with Crippen molar-refractivity contribution >= 4 is 40.8 Å². The molecular formula is C25H24ClN3O3S. The van der Waals surface area contributed by atoms with Crippen LogP contribution in [0.3, 0.4) is 0 Å². The van der Waals surface area contributed by atoms with Crippen LogP contribution in [0, 0.1) is 6.92 Å². The number of halogens is 1. The van der Waals surface area contributed by atoms with E-state index in [0.717, 1.165) is 22.0 Å². The molecule has 3 aromatic rings. The minimum absolute atomic E-state index is 0.0402. The summed E-state index contributed by atoms with van der Waals surface area (Å²) in [5, 5.41) is 3.61. The highest BCUT2D eigenvalue weighted by Crippen LogP contribution is 2.17. The van der Waals surface area contributed by atoms with Crippen molar-refractivity contribution in [3.8, 4) is 5.75 Å². The van der Waals surface area contributed by atoms with Crippen molar-refractivity contribution in [1.29, 1.82) is 0 Å². The molecule has 1 fully saturated rings. The lowest BCUT2D eigenvalue weighted by Gasteiger charge is -2.34. The van der Waals surface area contributed by atoms with Crippen molar-refractivity contribution in [1.82, 2.24) is 14.8 Å². The van der Waals surface area contributed by atoms with Gasteiger partial charge in [0, 0.05) is 48.2 Å². The van der Waals surface area contributed by atoms with E-state index in [4.69, 9.17) is 16.3 Å². The number of hydrogen-bond donors (Lipinski definition) is 0. The van der Waals surface area contributed by atoms with Crippen LogP contribution < -0.4 is 4.74 Å². The van der Waals surface area contributed by atoms with E-state index in [1.54, 1.807) is 57.6 Å². The van der Waals surface area contributed by atoms with E-state index < -0.39 is 0 Å². The Hall–Kier alpha value is -3.16. The predicted molar refractivity (Wildman–Crippen MR) is 131 cm³/mol. The number of benzene rings is 2. The Morgan fingerprint density at radius 2 is 1.70 bits per heavy atom. The highest BCUT2D eigenvalue weighted by Gasteiger charge is 2.23. The normalized spacial score (nSPS) is 14.0. The number of piperazine rings is 1. The van der Waals surface area contributed by atoms with Gasteiger partial charge >= 0.3 is 0 Å². The minimum atomic E-state index is -0.0622. The van der Waals surface area contributed by atoms with Gasteiger partial charge in [-0.3, -0.25) is 9.59 Å². The lowest BCUT2D eigenvalue weighted by atomic mass is 10.1. The van der Waals surface area contributed by atoms with Crippen LogP contribution in [0.25, 0.3) is 6.08 Å². The average molecular weight is 482 g/mol. The van der Waals surface area contributed by atoms with Crippen LogP contribution in [0.2, 0.25) is 5.02 Å². The van der Waals surface area contributed by atoms with Gasteiger partial charge in [0.1, 0.15) is 12.4 Å². The van der Waals surface area contributed by atoms with Gasteiger partial charge in [-0.25, -0.2) is 4.98 Å². The molecule has 0 saturated carbocycles. The topological polar surface area (TPSA) is 62.7 Å². The average Bonchev–Trinajstić information content (AvgIpc) is 3.27. The highest BCUT2D eigenvalue weighted by atomic mass is 35.5. The number of rotatable bonds is 6. The van der Waals surface area contributed by atoms with Crippen LogP contribution in [-0.4, -0.2) is 52.8 Å². The third-order valence-electron chi connectivity index (χ3n) is 5.32. The summed E-state index contributed by atoms with van der Waals surface area (Å²) < 4.78 is 5.75. The number of thiazole rings is 1. The zero-order valence-corrected chi connectivity index (χ0v) is 19.8. The van der Waals surface area contributed by atoms with Crippen LogP contribution in [0.1, 0.15) is 26.6 Å². The van der Waals surface area contributed by atoms with E-state index in [1.165, 1.54) is 0 Å². The first-order valence-electron chi connectivity index (χ1n) is 10.6. The van der Waals surface area contributed by atoms with Gasteiger partial charge in [0.15, 0.2) is 0 Å². The molecule has 33 heavy (non-hydrogen) atoms. The van der Waals surface area contributed by atoms with E-state index in [-0.39, 0.29) is 11.8 Å². The third-order valence-corrected chi connectivity index (χ3v) is 6.40. The summed E-state index contributed by atoms with van der Waals surface area (Å²) in [6.07, 6.45) is 3.37. The summed E-state index contributed by atoms with van der Waals surface area (Å²) in [4.78, 5) is 33.1. The molecule has 0 N–H and O–H groups in total. The number of carbonyl (C=O) groups excluding carboxylic acids is 2. The number of carbonyl (C=O) groups is 2. The number of hydrogen-bond acceptors (Lipinski definition) is 5. The summed E-state index contributed by atoms with van der Waals surface area (Å²) in [5.74, 6) is 0.653. The Balaban J connectivity index is 1.25. The van der Waals surface area contributed by atoms with Crippen molar-refractivity contribution in [2.75, 3.05) is 26.2 Å². The zero-order valence-electron chi connectivity index (χ0n) is 18.2. The van der Waals surface area contributed by atoms with Gasteiger partial charge in [-0.05, 0) is 55.0 Å². The molecule has 1 aromatic heterocycles. The van der Waals surface area contributed by atoms with Crippen molar-refractivity contribution in [2.24, 2.45) is 0 Å². The summed E-state index contributed by atoms with van der Waals surface area (Å²) in [7, 11) is 0. The number of aromatic nitrogens is 1. The standard InChI is InChI=1S/C25H24ClN3O3S/c1-18-27-22(17-33-18)16-32-23-9-2-19(3-10-23)4-11-24(30)28-12-14-29(15-13-28)25(31)20-5-7-21(26)8-6-20/h2-11,17H,12-16H2,1H3/b11-4+. The van der Waals surface area contributed by atoms with Crippen LogP contribution >= 0.6 is 22.9 Å². The largest absolute Gasteiger partial charge is 0.487 e. The third kappa shape index (κ3) is 6.21. The second-order valence-corrected chi connectivity index (χ2v) is 9.17. The Kier molecular flexibility index (Phi) is 7.42. The lowest BCUT2D eigenvalue weighted by Crippen LogP contribution is -2.50. The van der Waals surface area contributed by atoms with Gasteiger partial charge in [-0.2, -0.15) is 0 Å². The fraction of sp³-hybridized carbons (Fsp3) is 0.240. The maximum absolute atomic E-state index is 12.6. The first-order valence-corrected chi connectivity index (χ1v) is 11.9. The molecule has 1 aliphatic heterocycles. The van der Waals surface area contributed by atoms with Crippen molar-refractivity contribution in [3.63, 3.8) is 0 Å². The van der Waals surface area contributed by atoms with Crippen LogP contribution in [0.4, 0.5) is 0 Å². The van der Waals surface area contributed by atoms with E-state index in [2.05, 4.69) is 4.98 Å². The van der Waals surface area contributed by atoms with Gasteiger partial charge in [0.2, 0.25) is 5.91 Å². The second-order valence-electron chi connectivity index (χ2n) is 7.67. The van der Waals surface area contributed by atoms with Gasteiger partial charge in [-0.15, -0.1) is 11.3 Å². The number of ether oxygens (including phenoxy) is 1. The van der Waals surface area contributed by atoms with Gasteiger partial charge in [-0.1, -0.05) is 23.7 Å². The Morgan fingerprint density at radius 3 is 2.33 bits per heavy atom. The molecule has 0 aliphatic carbocycles. The van der Waals surface area contributed by atoms with Crippen molar-refractivity contribution in [2.45, 2.75) is 13.5 Å². The fourth-order valence-corrected chi connectivity index (χ4v) is 4.21. The molecule has 6 nitrogen and oxygen atoms in total. The molecule has 4 rings (SSSR count). The molecule has 2 aromatic carbocycles. The Labute approximate surface area is 202 Å². The number of aryl methyl sites for hydroxylation is 1. The predicted octanol–water partition coefficient (Wildman–Crippen LogP) is 4.68. The van der Waals surface area contributed by atoms with E-state index in [1.807, 2.05) is 36.6 Å². The quantitative estimate of drug-likeness (QED) is 0.479. The summed E-state index contributed by atoms with van der Waals surface area (Å²) >= 11 is 7.50. The van der Waals surface area contributed by atoms with Crippen molar-refractivity contribution in [3.05, 3.63) is 86.8 Å². The molecule has 8 heteroatoms. The molecule has 2 amide bonds. The smallest absolute Gasteiger partial charge is 0.253 e. The first kappa shape index (κ1) is 23.0. The molecule has 0 atom stereocenters. The van der Waals surface area contributed by atoms with Crippen LogP contribution in [0.5, 0.6) is 5.75 Å². The summed E-state index contributed by atoms with van der Waals surface area (Å²) in [5.41, 5.74) is 2.44. The van der Waals surface area contributed by atoms with E-state index >= 15 is 0 Å². The summed E-state index contributed by atoms with van der Waals surface area (Å²) in [6, 6.07) is 14.4. The number of amides is 2. The maximum atomic E-state index is 12.6. The van der Waals surface area contributed by atoms with Crippen molar-refractivity contribution < 1.29 is 14.3 Å². The molecule has 1 aliphatic rings. The molecule has 2 heterocycles. The van der Waals surface area contributed by atoms with Crippen LogP contribution in [0.15, 0.2) is 60.0 Å². The summed E-state index contributed by atoms with van der Waals surface area (Å²) in [6.45, 7) is 4.43. The molecule has 0 radical (unpaired) electrons. The number of nitrogens with zero attached hydrogens (tertiary/aromatic N) is 3. The van der Waals surface area contributed by atoms with E-state index in [9.17, 15) is 9.59 Å². The highest BCUT2D eigenvalue weighted by molar-refractivity contribution is 7.09. The molecule has 0 spiro atoms. The Bertz CT molecular complexity index is 1130. The monoisotopic (exact) mass is 481 g/mol. The van der Waals surface area contributed by atoms with Gasteiger partial charge < -0.3 is 14.5 Å². The van der Waals surface area contributed by atoms with Crippen LogP contribution in [-0.2, 0) is 11.4 Å². The van der Waals surface area contributed by atoms with E-state index in [0.29, 0.717) is 43.4 Å². The van der Waals surface area contributed by atoms with Gasteiger partial charge in [0.05, 0.1) is 10.7 Å². The lowest BCUT2D eigenvalue weighted by molar-refractivity contribution is -0.127. The first-order chi connectivity index (χ1) is 16.0. The zero-order chi connectivity index (χ0) is 23.2.